The van der Waals surface area contributed by atoms with Gasteiger partial charge in [0.2, 0.25) is 0 Å². The first-order valence-corrected chi connectivity index (χ1v) is 32.4. The van der Waals surface area contributed by atoms with Gasteiger partial charge in [0, 0.05) is 0 Å². The van der Waals surface area contributed by atoms with E-state index in [0.717, 1.165) is 57.8 Å². The van der Waals surface area contributed by atoms with Crippen LogP contribution < -0.4 is 0 Å². The van der Waals surface area contributed by atoms with E-state index in [-0.39, 0.29) is 0 Å². The first-order valence-electron chi connectivity index (χ1n) is 32.4. The predicted molar refractivity (Wildman–Crippen MR) is 371 cm³/mol. The van der Waals surface area contributed by atoms with Gasteiger partial charge in [-0.2, -0.15) is 0 Å². The molecule has 0 atom stereocenters. The molecule has 0 aromatic heterocycles. The molecule has 0 saturated carbocycles. The van der Waals surface area contributed by atoms with Gasteiger partial charge in [-0.3, -0.25) is 0 Å². The van der Waals surface area contributed by atoms with Crippen LogP contribution in [0.3, 0.4) is 0 Å². The molecule has 0 heterocycles. The fraction of sp³-hybridized carbons (Fsp3) is 0.475. The zero-order valence-corrected chi connectivity index (χ0v) is 56.5. The Kier molecular flexibility index (Phi) is 60.4. The molecule has 7 rings (SSSR count). The van der Waals surface area contributed by atoms with Crippen LogP contribution in [0, 0.1) is 0 Å². The van der Waals surface area contributed by atoms with Crippen molar-refractivity contribution in [1.29, 1.82) is 0 Å². The van der Waals surface area contributed by atoms with Crippen molar-refractivity contribution in [2.45, 2.75) is 255 Å². The van der Waals surface area contributed by atoms with Crippen LogP contribution in [0.5, 0.6) is 0 Å². The van der Waals surface area contributed by atoms with Crippen molar-refractivity contribution < 1.29 is 0 Å². The van der Waals surface area contributed by atoms with Gasteiger partial charge >= 0.3 is 0 Å². The summed E-state index contributed by atoms with van der Waals surface area (Å²) >= 11 is 0. The molecular weight excluding hydrogens is 961 g/mol. The van der Waals surface area contributed by atoms with E-state index >= 15 is 0 Å². The molecule has 0 amide bonds. The summed E-state index contributed by atoms with van der Waals surface area (Å²) in [5.41, 5.74) is 19.4. The first-order chi connectivity index (χ1) is 38.9. The maximum atomic E-state index is 2.28. The summed E-state index contributed by atoms with van der Waals surface area (Å²) < 4.78 is 0. The Hall–Kier alpha value is -5.46. The normalized spacial score (nSPS) is 9.18. The van der Waals surface area contributed by atoms with Crippen LogP contribution in [-0.2, 0) is 57.8 Å². The van der Waals surface area contributed by atoms with Crippen LogP contribution in [0.15, 0.2) is 170 Å². The number of hydrogen-bond donors (Lipinski definition) is 0. The molecule has 0 nitrogen and oxygen atoms in total. The molecule has 7 aromatic carbocycles. The topological polar surface area (TPSA) is 0 Å². The van der Waals surface area contributed by atoms with Crippen molar-refractivity contribution in [2.24, 2.45) is 0 Å². The second-order valence-corrected chi connectivity index (χ2v) is 20.0. The quantitative estimate of drug-likeness (QED) is 0.102. The van der Waals surface area contributed by atoms with Crippen LogP contribution in [0.4, 0.5) is 0 Å². The first kappa shape index (κ1) is 81.0. The van der Waals surface area contributed by atoms with Crippen molar-refractivity contribution >= 4 is 0 Å². The molecule has 0 aliphatic rings. The van der Waals surface area contributed by atoms with Gasteiger partial charge in [0.05, 0.1) is 0 Å². The van der Waals surface area contributed by atoms with E-state index < -0.39 is 0 Å². The van der Waals surface area contributed by atoms with Gasteiger partial charge in [0.25, 0.3) is 0 Å². The summed E-state index contributed by atoms with van der Waals surface area (Å²) in [5, 5.41) is 0. The summed E-state index contributed by atoms with van der Waals surface area (Å²) in [5.74, 6) is 0. The summed E-state index contributed by atoms with van der Waals surface area (Å²) in [6.07, 6.45) is 18.2. The van der Waals surface area contributed by atoms with Gasteiger partial charge in [0.15, 0.2) is 0 Å². The van der Waals surface area contributed by atoms with Crippen molar-refractivity contribution in [1.82, 2.24) is 0 Å². The number of aryl methyl sites for hydroxylation is 4. The molecule has 0 fully saturated rings. The molecule has 0 radical (unpaired) electrons. The Morgan fingerprint density at radius 3 is 0.263 bits per heavy atom. The number of hydrogen-bond acceptors (Lipinski definition) is 0. The average molecular weight is 1090 g/mol. The van der Waals surface area contributed by atoms with Crippen LogP contribution in [-0.4, -0.2) is 0 Å². The second kappa shape index (κ2) is 59.7. The highest BCUT2D eigenvalue weighted by Crippen LogP contribution is 2.19. The average Bonchev–Trinajstić information content (AvgIpc) is 3.48. The Balaban J connectivity index is -0.000000519. The van der Waals surface area contributed by atoms with E-state index in [4.69, 9.17) is 0 Å². The van der Waals surface area contributed by atoms with Crippen molar-refractivity contribution in [2.75, 3.05) is 0 Å². The smallest absolute Gasteiger partial charge is 0.00258 e. The maximum Gasteiger partial charge on any atom is -0.00258 e. The van der Waals surface area contributed by atoms with E-state index in [1.807, 2.05) is 27.7 Å². The largest absolute Gasteiger partial charge is 0.0683 e. The minimum absolute atomic E-state index is 0.983. The molecular formula is C80H126. The highest BCUT2D eigenvalue weighted by Gasteiger charge is 2.03. The third-order valence-corrected chi connectivity index (χ3v) is 10.8. The summed E-state index contributed by atoms with van der Waals surface area (Å²) in [6, 6.07) is 63.2. The number of benzene rings is 7. The van der Waals surface area contributed by atoms with Crippen LogP contribution in [0.25, 0.3) is 0 Å². The second-order valence-electron chi connectivity index (χ2n) is 20.0. The highest BCUT2D eigenvalue weighted by molar-refractivity contribution is 5.37. The van der Waals surface area contributed by atoms with E-state index in [2.05, 4.69) is 294 Å². The van der Waals surface area contributed by atoms with Crippen molar-refractivity contribution in [3.8, 4) is 0 Å². The van der Waals surface area contributed by atoms with E-state index in [0.29, 0.717) is 0 Å². The molecule has 0 N–H and O–H groups in total. The van der Waals surface area contributed by atoms with Gasteiger partial charge in [-0.05, 0) is 136 Å². The molecule has 0 bridgehead atoms. The molecule has 80 heavy (non-hydrogen) atoms. The van der Waals surface area contributed by atoms with E-state index in [1.54, 1.807) is 0 Å². The molecule has 0 saturated heterocycles. The molecule has 0 unspecified atom stereocenters. The van der Waals surface area contributed by atoms with Crippen molar-refractivity contribution in [3.05, 3.63) is 248 Å². The van der Waals surface area contributed by atoms with Gasteiger partial charge in [-0.15, -0.1) is 0 Å². The standard InChI is InChI=1S/C31H32.C24H26.7C3H8.2C2H6/c1-3-24-5-9-26(10-6-24)21-28-13-17-30(18-14-28)23-31-19-15-29(16-20-31)22-27-11-7-25(4-2)8-12-27;1-3-19-5-9-21(10-6-19)17-23-13-15-24(16-14-23)18-22-11-7-20(4-2)8-12-22;7*1-3-2;2*1-2/h5-20H,3-4,21-23H2,1-2H3;5-16H,3-4,17-18H2,1-2H3;7*3H2,1-2H3;2*1-2H3. The lowest BCUT2D eigenvalue weighted by atomic mass is 9.98. The van der Waals surface area contributed by atoms with E-state index in [1.165, 1.54) is 123 Å². The molecule has 446 valence electrons. The lowest BCUT2D eigenvalue weighted by molar-refractivity contribution is 1.09. The van der Waals surface area contributed by atoms with Crippen LogP contribution in [0.1, 0.15) is 275 Å². The Morgan fingerprint density at radius 1 is 0.138 bits per heavy atom. The molecule has 0 aliphatic heterocycles. The van der Waals surface area contributed by atoms with Gasteiger partial charge in [-0.1, -0.05) is 367 Å². The maximum absolute atomic E-state index is 2.28. The van der Waals surface area contributed by atoms with Gasteiger partial charge < -0.3 is 0 Å². The summed E-state index contributed by atoms with van der Waals surface area (Å²) in [6.45, 7) is 46.5. The van der Waals surface area contributed by atoms with E-state index in [9.17, 15) is 0 Å². The Morgan fingerprint density at radius 2 is 0.200 bits per heavy atom. The third kappa shape index (κ3) is 43.4. The zero-order chi connectivity index (χ0) is 61.2. The summed E-state index contributed by atoms with van der Waals surface area (Å²) in [4.78, 5) is 0. The third-order valence-electron chi connectivity index (χ3n) is 10.8. The lowest BCUT2D eigenvalue weighted by Gasteiger charge is -2.08. The monoisotopic (exact) mass is 1090 g/mol. The van der Waals surface area contributed by atoms with Gasteiger partial charge in [0.1, 0.15) is 0 Å². The predicted octanol–water partition coefficient (Wildman–Crippen LogP) is 25.5. The van der Waals surface area contributed by atoms with Crippen LogP contribution >= 0.6 is 0 Å². The highest BCUT2D eigenvalue weighted by atomic mass is 14.1. The van der Waals surface area contributed by atoms with Crippen molar-refractivity contribution in [3.63, 3.8) is 0 Å². The van der Waals surface area contributed by atoms with Crippen LogP contribution in [0.2, 0.25) is 0 Å². The minimum atomic E-state index is 0.983. The molecule has 0 aliphatic carbocycles. The van der Waals surface area contributed by atoms with Gasteiger partial charge in [-0.25, -0.2) is 0 Å². The number of rotatable bonds is 14. The fourth-order valence-electron chi connectivity index (χ4n) is 7.07. The Bertz CT molecular complexity index is 2080. The Labute approximate surface area is 500 Å². The minimum Gasteiger partial charge on any atom is -0.0683 e. The fourth-order valence-corrected chi connectivity index (χ4v) is 7.07. The molecule has 0 spiro atoms. The molecule has 0 heteroatoms. The SMILES string of the molecule is CC.CC.CCC.CCC.CCC.CCC.CCC.CCC.CCC.CCc1ccc(Cc2ccc(Cc3ccc(CC)cc3)cc2)cc1.CCc1ccc(Cc2ccc(Cc3ccc(Cc4ccc(CC)cc4)cc3)cc2)cc1. The summed E-state index contributed by atoms with van der Waals surface area (Å²) in [7, 11) is 0. The molecule has 7 aromatic rings. The lowest BCUT2D eigenvalue weighted by Crippen LogP contribution is -1.93. The zero-order valence-electron chi connectivity index (χ0n) is 56.5.